The van der Waals surface area contributed by atoms with Crippen molar-refractivity contribution in [3.8, 4) is 0 Å². The third-order valence-corrected chi connectivity index (χ3v) is 9.07. The summed E-state index contributed by atoms with van der Waals surface area (Å²) in [6, 6.07) is -2.35. The minimum Gasteiger partial charge on any atom is -0.370 e. The van der Waals surface area contributed by atoms with Crippen LogP contribution in [-0.4, -0.2) is 60.7 Å². The number of Topliss-reactive ketones (excluding diaryl/α,β-unsaturated/α-hetero) is 1. The van der Waals surface area contributed by atoms with E-state index in [0.717, 1.165) is 51.4 Å². The molecule has 0 aromatic carbocycles. The first-order valence-electron chi connectivity index (χ1n) is 16.5. The molecule has 0 heterocycles. The van der Waals surface area contributed by atoms with Gasteiger partial charge in [-0.25, -0.2) is 0 Å². The Hall–Kier alpha value is -2.73. The SMILES string of the molecule is NCCCC[C@H](NC(=O)[C@@H](CC(=O)[C@@H](CCCN=C(N)N)NC(=O)[C@@H](N)CC1CCCCC1)CC1CCCCC1)C(N)=O. The summed E-state index contributed by atoms with van der Waals surface area (Å²) in [5.41, 5.74) is 28.4. The zero-order valence-corrected chi connectivity index (χ0v) is 26.1. The molecule has 12 heteroatoms. The standard InChI is InChI=1S/C31H58N8O4/c32-16-8-7-14-26(28(34)41)39-29(42)23(18-21-10-3-1-4-11-21)20-27(40)25(15-9-17-37-31(35)36)38-30(43)24(33)19-22-12-5-2-6-13-22/h21-26H,1-20,32-33H2,(H2,34,41)(H,38,43)(H,39,42)(H4,35,36,37)/t23-,24+,25-,26+/m1/s1. The monoisotopic (exact) mass is 606 g/mol. The van der Waals surface area contributed by atoms with Gasteiger partial charge in [0.05, 0.1) is 12.1 Å². The number of nitrogens with one attached hydrogen (secondary N) is 2. The van der Waals surface area contributed by atoms with Gasteiger partial charge in [0, 0.05) is 18.9 Å². The number of unbranched alkanes of at least 4 members (excludes halogenated alkanes) is 1. The van der Waals surface area contributed by atoms with E-state index in [1.54, 1.807) is 0 Å². The highest BCUT2D eigenvalue weighted by atomic mass is 16.2. The Morgan fingerprint density at radius 1 is 0.721 bits per heavy atom. The molecule has 246 valence electrons. The highest BCUT2D eigenvalue weighted by molar-refractivity contribution is 5.94. The predicted molar refractivity (Wildman–Crippen MR) is 169 cm³/mol. The van der Waals surface area contributed by atoms with Crippen molar-refractivity contribution >= 4 is 29.5 Å². The van der Waals surface area contributed by atoms with E-state index < -0.39 is 30.0 Å². The first-order chi connectivity index (χ1) is 20.6. The van der Waals surface area contributed by atoms with Crippen LogP contribution in [0.4, 0.5) is 0 Å². The number of nitrogens with two attached hydrogens (primary N) is 5. The Morgan fingerprint density at radius 3 is 1.84 bits per heavy atom. The molecule has 2 aliphatic carbocycles. The number of amides is 3. The lowest BCUT2D eigenvalue weighted by Gasteiger charge is -2.28. The summed E-state index contributed by atoms with van der Waals surface area (Å²) in [7, 11) is 0. The number of carbonyl (C=O) groups excluding carboxylic acids is 4. The van der Waals surface area contributed by atoms with E-state index >= 15 is 0 Å². The number of guanidine groups is 1. The maximum atomic E-state index is 13.8. The summed E-state index contributed by atoms with van der Waals surface area (Å²) in [5.74, 6) is -1.50. The second-order valence-electron chi connectivity index (χ2n) is 12.7. The van der Waals surface area contributed by atoms with Gasteiger partial charge in [-0.3, -0.25) is 24.2 Å². The fourth-order valence-electron chi connectivity index (χ4n) is 6.55. The zero-order chi connectivity index (χ0) is 31.6. The number of hydrogen-bond donors (Lipinski definition) is 7. The van der Waals surface area contributed by atoms with Gasteiger partial charge in [0.1, 0.15) is 6.04 Å². The third kappa shape index (κ3) is 14.5. The molecule has 0 aromatic rings. The summed E-state index contributed by atoms with van der Waals surface area (Å²) >= 11 is 0. The minimum atomic E-state index is -0.823. The second kappa shape index (κ2) is 20.3. The van der Waals surface area contributed by atoms with Gasteiger partial charge in [-0.15, -0.1) is 0 Å². The van der Waals surface area contributed by atoms with E-state index in [-0.39, 0.29) is 30.0 Å². The van der Waals surface area contributed by atoms with E-state index in [9.17, 15) is 19.2 Å². The number of hydrogen-bond acceptors (Lipinski definition) is 7. The van der Waals surface area contributed by atoms with E-state index in [1.807, 2.05) is 0 Å². The van der Waals surface area contributed by atoms with Crippen LogP contribution in [-0.2, 0) is 19.2 Å². The molecular formula is C31H58N8O4. The Labute approximate surface area is 257 Å². The topological polar surface area (TPSA) is 235 Å². The predicted octanol–water partition coefficient (Wildman–Crippen LogP) is 1.47. The first-order valence-corrected chi connectivity index (χ1v) is 16.5. The van der Waals surface area contributed by atoms with Crippen LogP contribution in [0.5, 0.6) is 0 Å². The molecule has 0 saturated heterocycles. The van der Waals surface area contributed by atoms with Crippen molar-refractivity contribution in [3.05, 3.63) is 0 Å². The van der Waals surface area contributed by atoms with Crippen LogP contribution in [0.25, 0.3) is 0 Å². The highest BCUT2D eigenvalue weighted by Gasteiger charge is 2.32. The number of nitrogens with zero attached hydrogens (tertiary/aromatic N) is 1. The maximum Gasteiger partial charge on any atom is 0.239 e. The smallest absolute Gasteiger partial charge is 0.239 e. The number of primary amides is 1. The molecule has 2 rings (SSSR count). The molecule has 12 nitrogen and oxygen atoms in total. The third-order valence-electron chi connectivity index (χ3n) is 9.07. The Balaban J connectivity index is 2.15. The average molecular weight is 607 g/mol. The highest BCUT2D eigenvalue weighted by Crippen LogP contribution is 2.31. The summed E-state index contributed by atoms with van der Waals surface area (Å²) in [4.78, 5) is 56.6. The average Bonchev–Trinajstić information content (AvgIpc) is 2.98. The molecule has 0 unspecified atom stereocenters. The summed E-state index contributed by atoms with van der Waals surface area (Å²) in [6.07, 6.45) is 14.6. The van der Waals surface area contributed by atoms with Crippen molar-refractivity contribution in [2.24, 2.45) is 51.4 Å². The molecular weight excluding hydrogens is 548 g/mol. The molecule has 3 amide bonds. The Kier molecular flexibility index (Phi) is 17.2. The van der Waals surface area contributed by atoms with Crippen molar-refractivity contribution in [2.75, 3.05) is 13.1 Å². The molecule has 4 atom stereocenters. The Morgan fingerprint density at radius 2 is 1.28 bits per heavy atom. The molecule has 0 aromatic heterocycles. The van der Waals surface area contributed by atoms with Crippen molar-refractivity contribution in [2.45, 2.75) is 134 Å². The van der Waals surface area contributed by atoms with Gasteiger partial charge >= 0.3 is 0 Å². The number of aliphatic imine (C=N–C) groups is 1. The summed E-state index contributed by atoms with van der Waals surface area (Å²) in [6.45, 7) is 0.796. The molecule has 43 heavy (non-hydrogen) atoms. The lowest BCUT2D eigenvalue weighted by Crippen LogP contribution is -2.50. The van der Waals surface area contributed by atoms with E-state index in [1.165, 1.54) is 12.8 Å². The van der Waals surface area contributed by atoms with Crippen LogP contribution in [0.1, 0.15) is 116 Å². The van der Waals surface area contributed by atoms with Crippen LogP contribution < -0.4 is 39.3 Å². The number of carbonyl (C=O) groups is 4. The normalized spacial score (nSPS) is 19.0. The lowest BCUT2D eigenvalue weighted by atomic mass is 9.80. The number of ketones is 1. The van der Waals surface area contributed by atoms with Gasteiger partial charge in [-0.2, -0.15) is 0 Å². The first kappa shape index (κ1) is 36.5. The maximum absolute atomic E-state index is 13.8. The van der Waals surface area contributed by atoms with Crippen LogP contribution in [0.15, 0.2) is 4.99 Å². The fourth-order valence-corrected chi connectivity index (χ4v) is 6.55. The molecule has 12 N–H and O–H groups in total. The molecule has 2 aliphatic rings. The van der Waals surface area contributed by atoms with Crippen LogP contribution in [0.3, 0.4) is 0 Å². The van der Waals surface area contributed by atoms with Crippen molar-refractivity contribution in [1.29, 1.82) is 0 Å². The molecule has 2 saturated carbocycles. The zero-order valence-electron chi connectivity index (χ0n) is 26.1. The van der Waals surface area contributed by atoms with Gasteiger partial charge in [0.15, 0.2) is 11.7 Å². The summed E-state index contributed by atoms with van der Waals surface area (Å²) < 4.78 is 0. The number of rotatable bonds is 20. The molecule has 0 aliphatic heterocycles. The van der Waals surface area contributed by atoms with Gasteiger partial charge < -0.3 is 39.3 Å². The van der Waals surface area contributed by atoms with E-state index in [2.05, 4.69) is 15.6 Å². The molecule has 2 fully saturated rings. The molecule has 0 spiro atoms. The quantitative estimate of drug-likeness (QED) is 0.0607. The van der Waals surface area contributed by atoms with Gasteiger partial charge in [0.2, 0.25) is 17.7 Å². The Bertz CT molecular complexity index is 898. The van der Waals surface area contributed by atoms with Gasteiger partial charge in [-0.05, 0) is 63.3 Å². The van der Waals surface area contributed by atoms with Crippen LogP contribution in [0.2, 0.25) is 0 Å². The lowest BCUT2D eigenvalue weighted by molar-refractivity contribution is -0.134. The van der Waals surface area contributed by atoms with Gasteiger partial charge in [-0.1, -0.05) is 64.2 Å². The van der Waals surface area contributed by atoms with Gasteiger partial charge in [0.25, 0.3) is 0 Å². The van der Waals surface area contributed by atoms with E-state index in [0.29, 0.717) is 69.9 Å². The van der Waals surface area contributed by atoms with Crippen molar-refractivity contribution in [3.63, 3.8) is 0 Å². The second-order valence-corrected chi connectivity index (χ2v) is 12.7. The van der Waals surface area contributed by atoms with Crippen molar-refractivity contribution in [1.82, 2.24) is 10.6 Å². The largest absolute Gasteiger partial charge is 0.370 e. The summed E-state index contributed by atoms with van der Waals surface area (Å²) in [5, 5.41) is 5.71. The van der Waals surface area contributed by atoms with Crippen LogP contribution >= 0.6 is 0 Å². The van der Waals surface area contributed by atoms with Crippen molar-refractivity contribution < 1.29 is 19.2 Å². The van der Waals surface area contributed by atoms with E-state index in [4.69, 9.17) is 28.7 Å². The fraction of sp³-hybridized carbons (Fsp3) is 0.839. The molecule has 0 bridgehead atoms. The minimum absolute atomic E-state index is 0.0406. The van der Waals surface area contributed by atoms with Crippen LogP contribution in [0, 0.1) is 17.8 Å². The molecule has 0 radical (unpaired) electrons.